The Bertz CT molecular complexity index is 746. The van der Waals surface area contributed by atoms with Crippen LogP contribution in [0.5, 0.6) is 0 Å². The van der Waals surface area contributed by atoms with Crippen molar-refractivity contribution in [3.63, 3.8) is 0 Å². The first-order valence-electron chi connectivity index (χ1n) is 16.7. The molecule has 0 radical (unpaired) electrons. The van der Waals surface area contributed by atoms with Gasteiger partial charge < -0.3 is 19.3 Å². The summed E-state index contributed by atoms with van der Waals surface area (Å²) in [7, 11) is -4.76. The molecule has 9 heteroatoms. The topological polar surface area (TPSA) is 119 Å². The van der Waals surface area contributed by atoms with Crippen LogP contribution in [0.1, 0.15) is 155 Å². The molecule has 0 aromatic rings. The highest BCUT2D eigenvalue weighted by Gasteiger charge is 2.22. The minimum Gasteiger partial charge on any atom is -0.458 e. The van der Waals surface area contributed by atoms with Gasteiger partial charge in [0.1, 0.15) is 6.61 Å². The fraction of sp³-hybridized carbons (Fsp3) is 0.818. The lowest BCUT2D eigenvalue weighted by molar-refractivity contribution is -0.159. The molecule has 0 saturated carbocycles. The fourth-order valence-electron chi connectivity index (χ4n) is 4.58. The molecule has 0 aliphatic heterocycles. The zero-order valence-corrected chi connectivity index (χ0v) is 27.5. The number of phosphoric ester groups is 1. The smallest absolute Gasteiger partial charge is 0.458 e. The maximum Gasteiger partial charge on any atom is 0.469 e. The molecule has 0 amide bonds. The van der Waals surface area contributed by atoms with Crippen LogP contribution in [0.25, 0.3) is 0 Å². The Balaban J connectivity index is 4.11. The van der Waals surface area contributed by atoms with E-state index in [9.17, 15) is 14.2 Å². The van der Waals surface area contributed by atoms with E-state index in [1.165, 1.54) is 102 Å². The third-order valence-corrected chi connectivity index (χ3v) is 7.56. The van der Waals surface area contributed by atoms with E-state index in [4.69, 9.17) is 19.3 Å². The van der Waals surface area contributed by atoms with Crippen molar-refractivity contribution in [3.05, 3.63) is 24.3 Å². The summed E-state index contributed by atoms with van der Waals surface area (Å²) in [4.78, 5) is 42.3. The van der Waals surface area contributed by atoms with Crippen LogP contribution in [0, 0.1) is 0 Å². The van der Waals surface area contributed by atoms with Gasteiger partial charge in [0.15, 0.2) is 6.10 Å². The molecular formula is C33H61O8P. The molecule has 0 fully saturated rings. The highest BCUT2D eigenvalue weighted by Crippen LogP contribution is 2.35. The normalized spacial score (nSPS) is 12.8. The van der Waals surface area contributed by atoms with Crippen LogP contribution in [0.2, 0.25) is 0 Å². The van der Waals surface area contributed by atoms with Crippen LogP contribution in [-0.4, -0.2) is 41.0 Å². The van der Waals surface area contributed by atoms with Gasteiger partial charge in [-0.25, -0.2) is 9.36 Å². The van der Waals surface area contributed by atoms with Crippen molar-refractivity contribution in [2.45, 2.75) is 161 Å². The molecule has 0 aromatic heterocycles. The van der Waals surface area contributed by atoms with E-state index in [0.29, 0.717) is 6.42 Å². The molecule has 1 atom stereocenters. The fourth-order valence-corrected chi connectivity index (χ4v) is 4.94. The minimum absolute atomic E-state index is 0.194. The van der Waals surface area contributed by atoms with E-state index < -0.39 is 32.5 Å². The molecule has 246 valence electrons. The van der Waals surface area contributed by atoms with Crippen molar-refractivity contribution >= 4 is 19.8 Å². The number of hydrogen-bond acceptors (Lipinski definition) is 6. The minimum atomic E-state index is -4.76. The number of rotatable bonds is 30. The summed E-state index contributed by atoms with van der Waals surface area (Å²) in [5.41, 5.74) is 0. The second-order valence-corrected chi connectivity index (χ2v) is 12.5. The van der Waals surface area contributed by atoms with Gasteiger partial charge in [0.2, 0.25) is 0 Å². The van der Waals surface area contributed by atoms with Crippen molar-refractivity contribution in [3.8, 4) is 0 Å². The van der Waals surface area contributed by atoms with E-state index >= 15 is 0 Å². The number of carbonyl (C=O) groups excluding carboxylic acids is 2. The molecule has 0 saturated heterocycles. The molecule has 0 spiro atoms. The van der Waals surface area contributed by atoms with Gasteiger partial charge in [-0.2, -0.15) is 0 Å². The number of allylic oxidation sites excluding steroid dienone is 3. The number of hydrogen-bond donors (Lipinski definition) is 2. The molecule has 0 aromatic carbocycles. The summed E-state index contributed by atoms with van der Waals surface area (Å²) in [5.74, 6) is -1.14. The zero-order valence-electron chi connectivity index (χ0n) is 26.6. The lowest BCUT2D eigenvalue weighted by atomic mass is 10.1. The van der Waals surface area contributed by atoms with Crippen molar-refractivity contribution in [1.29, 1.82) is 0 Å². The molecule has 0 aliphatic rings. The van der Waals surface area contributed by atoms with Crippen LogP contribution in [0.15, 0.2) is 24.3 Å². The van der Waals surface area contributed by atoms with Gasteiger partial charge in [-0.3, -0.25) is 9.32 Å². The van der Waals surface area contributed by atoms with Crippen LogP contribution in [0.3, 0.4) is 0 Å². The maximum absolute atomic E-state index is 12.2. The SMILES string of the molecule is CCCCCCCCCCCCC/C=C/C=C/C(=O)OC[C@H](COP(=O)(O)O)OC(=O)CCCCCCCCCCC. The zero-order chi connectivity index (χ0) is 31.2. The molecule has 8 nitrogen and oxygen atoms in total. The summed E-state index contributed by atoms with van der Waals surface area (Å²) in [6, 6.07) is 0. The molecular weight excluding hydrogens is 555 g/mol. The van der Waals surface area contributed by atoms with Gasteiger partial charge in [-0.1, -0.05) is 148 Å². The molecule has 0 bridgehead atoms. The third kappa shape index (κ3) is 31.5. The van der Waals surface area contributed by atoms with Crippen molar-refractivity contribution in [1.82, 2.24) is 0 Å². The van der Waals surface area contributed by atoms with Gasteiger partial charge in [0, 0.05) is 12.5 Å². The van der Waals surface area contributed by atoms with E-state index in [-0.39, 0.29) is 13.0 Å². The largest absolute Gasteiger partial charge is 0.469 e. The van der Waals surface area contributed by atoms with Gasteiger partial charge in [0.05, 0.1) is 6.61 Å². The van der Waals surface area contributed by atoms with Crippen molar-refractivity contribution in [2.24, 2.45) is 0 Å². The monoisotopic (exact) mass is 616 g/mol. The first kappa shape index (κ1) is 40.5. The van der Waals surface area contributed by atoms with Gasteiger partial charge >= 0.3 is 19.8 Å². The maximum atomic E-state index is 12.2. The Kier molecular flexibility index (Phi) is 28.6. The molecule has 42 heavy (non-hydrogen) atoms. The average Bonchev–Trinajstić information content (AvgIpc) is 2.95. The molecule has 0 unspecified atom stereocenters. The van der Waals surface area contributed by atoms with Crippen LogP contribution in [-0.2, 0) is 28.2 Å². The molecule has 0 rings (SSSR count). The number of esters is 2. The molecule has 0 heterocycles. The second-order valence-electron chi connectivity index (χ2n) is 11.2. The summed E-state index contributed by atoms with van der Waals surface area (Å²) >= 11 is 0. The van der Waals surface area contributed by atoms with Crippen molar-refractivity contribution in [2.75, 3.05) is 13.2 Å². The van der Waals surface area contributed by atoms with Crippen molar-refractivity contribution < 1.29 is 37.9 Å². The first-order valence-corrected chi connectivity index (χ1v) is 18.2. The Morgan fingerprint density at radius 1 is 0.667 bits per heavy atom. The number of carbonyl (C=O) groups is 2. The van der Waals surface area contributed by atoms with E-state index in [2.05, 4.69) is 18.4 Å². The average molecular weight is 617 g/mol. The lowest BCUT2D eigenvalue weighted by Crippen LogP contribution is -2.29. The summed E-state index contributed by atoms with van der Waals surface area (Å²) in [6.45, 7) is 3.53. The third-order valence-electron chi connectivity index (χ3n) is 7.08. The Labute approximate surface area is 256 Å². The summed E-state index contributed by atoms with van der Waals surface area (Å²) in [6.07, 6.45) is 31.1. The first-order chi connectivity index (χ1) is 20.3. The molecule has 2 N–H and O–H groups in total. The Morgan fingerprint density at radius 3 is 1.64 bits per heavy atom. The van der Waals surface area contributed by atoms with E-state index in [1.54, 1.807) is 12.2 Å². The van der Waals surface area contributed by atoms with E-state index in [0.717, 1.165) is 32.1 Å². The Hall–Kier alpha value is -1.47. The van der Waals surface area contributed by atoms with Crippen LogP contribution < -0.4 is 0 Å². The highest BCUT2D eigenvalue weighted by atomic mass is 31.2. The second kappa shape index (κ2) is 29.6. The Morgan fingerprint density at radius 2 is 1.14 bits per heavy atom. The lowest BCUT2D eigenvalue weighted by Gasteiger charge is -2.18. The van der Waals surface area contributed by atoms with Gasteiger partial charge in [0.25, 0.3) is 0 Å². The summed E-state index contributed by atoms with van der Waals surface area (Å²) in [5, 5.41) is 0. The number of phosphoric acid groups is 1. The quantitative estimate of drug-likeness (QED) is 0.0269. The van der Waals surface area contributed by atoms with Crippen LogP contribution >= 0.6 is 7.82 Å². The summed E-state index contributed by atoms with van der Waals surface area (Å²) < 4.78 is 26.0. The van der Waals surface area contributed by atoms with Gasteiger partial charge in [-0.15, -0.1) is 0 Å². The number of ether oxygens (including phenoxy) is 2. The van der Waals surface area contributed by atoms with Crippen LogP contribution in [0.4, 0.5) is 0 Å². The van der Waals surface area contributed by atoms with E-state index in [1.807, 2.05) is 6.08 Å². The number of unbranched alkanes of at least 4 members (excludes halogenated alkanes) is 19. The van der Waals surface area contributed by atoms with Gasteiger partial charge in [-0.05, 0) is 19.3 Å². The predicted octanol–water partition coefficient (Wildman–Crippen LogP) is 9.29. The highest BCUT2D eigenvalue weighted by molar-refractivity contribution is 7.46. The molecule has 0 aliphatic carbocycles. The predicted molar refractivity (Wildman–Crippen MR) is 170 cm³/mol. The standard InChI is InChI=1S/C33H61O8P/c1-3-5-7-9-11-13-14-15-16-17-18-20-21-23-25-27-32(34)39-29-31(30-40-42(36,37)38)41-33(35)28-26-24-22-19-12-10-8-6-4-2/h21,23,25,27,31H,3-20,22,24,26,28-30H2,1-2H3,(H2,36,37,38)/b23-21+,27-25+/t31-/m1/s1.